The van der Waals surface area contributed by atoms with Gasteiger partial charge in [-0.3, -0.25) is 9.78 Å². The fourth-order valence-corrected chi connectivity index (χ4v) is 3.47. The van der Waals surface area contributed by atoms with Gasteiger partial charge in [-0.2, -0.15) is 0 Å². The largest absolute Gasteiger partial charge is 0.497 e. The minimum atomic E-state index is -0.693. The summed E-state index contributed by atoms with van der Waals surface area (Å²) in [5, 5.41) is 4.61. The number of benzene rings is 1. The van der Waals surface area contributed by atoms with Crippen LogP contribution in [0.25, 0.3) is 33.3 Å². The van der Waals surface area contributed by atoms with E-state index in [1.807, 2.05) is 12.1 Å². The van der Waals surface area contributed by atoms with Gasteiger partial charge >= 0.3 is 0 Å². The maximum atomic E-state index is 12.0. The molecule has 3 aromatic heterocycles. The highest BCUT2D eigenvalue weighted by atomic mass is 16.5. The highest BCUT2D eigenvalue weighted by Crippen LogP contribution is 2.35. The number of oxazole rings is 1. The van der Waals surface area contributed by atoms with Gasteiger partial charge in [0.1, 0.15) is 23.0 Å². The number of nitrogens with one attached hydrogen (secondary N) is 1. The quantitative estimate of drug-likeness (QED) is 0.472. The Labute approximate surface area is 172 Å². The Morgan fingerprint density at radius 1 is 1.23 bits per heavy atom. The number of amides is 1. The zero-order valence-electron chi connectivity index (χ0n) is 16.9. The molecule has 0 radical (unpaired) electrons. The second-order valence-corrected chi connectivity index (χ2v) is 6.96. The lowest BCUT2D eigenvalue weighted by atomic mass is 9.95. The van der Waals surface area contributed by atoms with Gasteiger partial charge < -0.3 is 20.2 Å². The highest BCUT2D eigenvalue weighted by molar-refractivity contribution is 6.01. The molecule has 0 aliphatic heterocycles. The van der Waals surface area contributed by atoms with Gasteiger partial charge in [-0.1, -0.05) is 12.2 Å². The van der Waals surface area contributed by atoms with E-state index in [0.717, 1.165) is 10.8 Å². The summed E-state index contributed by atoms with van der Waals surface area (Å²) < 4.78 is 11.2. The zero-order chi connectivity index (χ0) is 21.4. The van der Waals surface area contributed by atoms with E-state index in [2.05, 4.69) is 26.8 Å². The summed E-state index contributed by atoms with van der Waals surface area (Å²) in [6, 6.07) is 7.23. The Morgan fingerprint density at radius 3 is 2.70 bits per heavy atom. The van der Waals surface area contributed by atoms with Crippen LogP contribution in [0.4, 0.5) is 5.82 Å². The van der Waals surface area contributed by atoms with Crippen molar-refractivity contribution in [3.63, 3.8) is 0 Å². The van der Waals surface area contributed by atoms with Gasteiger partial charge in [0.15, 0.2) is 5.58 Å². The molecule has 0 saturated carbocycles. The number of carbonyl (C=O) groups is 1. The lowest BCUT2D eigenvalue weighted by Crippen LogP contribution is -2.22. The van der Waals surface area contributed by atoms with Crippen LogP contribution in [0.1, 0.15) is 18.5 Å². The normalized spacial score (nSPS) is 12.1. The standard InChI is InChI=1S/C22H21N5O3/c1-11(2)19(20(23)28)17-8-13-14(9-25-17)21(24-3)26-10-15(13)22-27-16-7-12(29-4)5-6-18(16)30-22/h5-10,19H,1H2,2-4H3,(H2,23,28)(H,24,26). The third kappa shape index (κ3) is 3.22. The Morgan fingerprint density at radius 2 is 2.03 bits per heavy atom. The number of methoxy groups -OCH3 is 1. The van der Waals surface area contributed by atoms with Crippen molar-refractivity contribution in [2.45, 2.75) is 12.8 Å². The Bertz CT molecular complexity index is 1280. The van der Waals surface area contributed by atoms with Gasteiger partial charge in [-0.05, 0) is 25.1 Å². The highest BCUT2D eigenvalue weighted by Gasteiger charge is 2.22. The molecular formula is C22H21N5O3. The topological polar surface area (TPSA) is 116 Å². The van der Waals surface area contributed by atoms with Crippen molar-refractivity contribution in [3.05, 3.63) is 54.5 Å². The smallest absolute Gasteiger partial charge is 0.230 e. The molecule has 1 unspecified atom stereocenters. The summed E-state index contributed by atoms with van der Waals surface area (Å²) in [6.07, 6.45) is 3.34. The van der Waals surface area contributed by atoms with Crippen molar-refractivity contribution in [1.82, 2.24) is 15.0 Å². The van der Waals surface area contributed by atoms with Crippen molar-refractivity contribution < 1.29 is 13.9 Å². The Hall–Kier alpha value is -3.94. The van der Waals surface area contributed by atoms with Crippen LogP contribution in [0.3, 0.4) is 0 Å². The molecule has 30 heavy (non-hydrogen) atoms. The van der Waals surface area contributed by atoms with Crippen molar-refractivity contribution in [2.75, 3.05) is 19.5 Å². The summed E-state index contributed by atoms with van der Waals surface area (Å²) in [7, 11) is 3.38. The lowest BCUT2D eigenvalue weighted by molar-refractivity contribution is -0.118. The van der Waals surface area contributed by atoms with E-state index in [1.165, 1.54) is 0 Å². The third-order valence-corrected chi connectivity index (χ3v) is 4.93. The maximum Gasteiger partial charge on any atom is 0.230 e. The van der Waals surface area contributed by atoms with E-state index in [0.29, 0.717) is 45.4 Å². The summed E-state index contributed by atoms with van der Waals surface area (Å²) >= 11 is 0. The molecule has 8 heteroatoms. The number of nitrogens with two attached hydrogens (primary N) is 1. The van der Waals surface area contributed by atoms with Crippen LogP contribution < -0.4 is 15.8 Å². The molecule has 3 N–H and O–H groups in total. The minimum Gasteiger partial charge on any atom is -0.497 e. The summed E-state index contributed by atoms with van der Waals surface area (Å²) in [5.74, 6) is 0.542. The predicted molar refractivity (Wildman–Crippen MR) is 115 cm³/mol. The molecule has 1 amide bonds. The minimum absolute atomic E-state index is 0.404. The molecule has 1 atom stereocenters. The molecule has 0 fully saturated rings. The van der Waals surface area contributed by atoms with Gasteiger partial charge in [0.2, 0.25) is 11.8 Å². The summed E-state index contributed by atoms with van der Waals surface area (Å²) in [4.78, 5) is 25.5. The second-order valence-electron chi connectivity index (χ2n) is 6.96. The average Bonchev–Trinajstić information content (AvgIpc) is 3.15. The van der Waals surface area contributed by atoms with Crippen molar-refractivity contribution >= 4 is 33.6 Å². The van der Waals surface area contributed by atoms with Gasteiger partial charge in [-0.25, -0.2) is 9.97 Å². The monoisotopic (exact) mass is 403 g/mol. The van der Waals surface area contributed by atoms with Crippen LogP contribution in [0.15, 0.2) is 53.2 Å². The maximum absolute atomic E-state index is 12.0. The van der Waals surface area contributed by atoms with Crippen LogP contribution in [0, 0.1) is 0 Å². The lowest BCUT2D eigenvalue weighted by Gasteiger charge is -2.15. The van der Waals surface area contributed by atoms with Crippen LogP contribution in [-0.2, 0) is 4.79 Å². The number of rotatable bonds is 6. The number of hydrogen-bond donors (Lipinski definition) is 2. The molecule has 0 aliphatic rings. The van der Waals surface area contributed by atoms with Crippen LogP contribution in [0.5, 0.6) is 5.75 Å². The van der Waals surface area contributed by atoms with Gasteiger partial charge in [0, 0.05) is 36.3 Å². The van der Waals surface area contributed by atoms with E-state index in [9.17, 15) is 4.79 Å². The number of hydrogen-bond acceptors (Lipinski definition) is 7. The molecule has 8 nitrogen and oxygen atoms in total. The van der Waals surface area contributed by atoms with E-state index in [-0.39, 0.29) is 0 Å². The first-order valence-corrected chi connectivity index (χ1v) is 9.29. The molecule has 152 valence electrons. The Balaban J connectivity index is 1.96. The summed E-state index contributed by atoms with van der Waals surface area (Å²) in [6.45, 7) is 5.64. The fourth-order valence-electron chi connectivity index (χ4n) is 3.47. The van der Waals surface area contributed by atoms with E-state index in [1.54, 1.807) is 45.6 Å². The van der Waals surface area contributed by atoms with Crippen molar-refractivity contribution in [3.8, 4) is 17.2 Å². The summed E-state index contributed by atoms with van der Waals surface area (Å²) in [5.41, 5.74) is 8.69. The molecule has 0 saturated heterocycles. The SMILES string of the molecule is C=C(C)C(C(N)=O)c1cc2c(-c3nc4cc(OC)ccc4o3)cnc(NC)c2cn1. The number of pyridine rings is 2. The molecule has 0 aliphatic carbocycles. The molecule has 4 rings (SSSR count). The van der Waals surface area contributed by atoms with Gasteiger partial charge in [0.05, 0.1) is 18.4 Å². The van der Waals surface area contributed by atoms with Crippen molar-refractivity contribution in [2.24, 2.45) is 5.73 Å². The number of aromatic nitrogens is 3. The van der Waals surface area contributed by atoms with E-state index >= 15 is 0 Å². The molecule has 0 bridgehead atoms. The Kier molecular flexibility index (Phi) is 4.83. The zero-order valence-corrected chi connectivity index (χ0v) is 16.9. The predicted octanol–water partition coefficient (Wildman–Crippen LogP) is 3.63. The molecule has 1 aromatic carbocycles. The second kappa shape index (κ2) is 7.47. The molecule has 4 aromatic rings. The molecular weight excluding hydrogens is 382 g/mol. The van der Waals surface area contributed by atoms with Gasteiger partial charge in [0.25, 0.3) is 0 Å². The first-order valence-electron chi connectivity index (χ1n) is 9.29. The van der Waals surface area contributed by atoms with Crippen LogP contribution >= 0.6 is 0 Å². The van der Waals surface area contributed by atoms with Crippen LogP contribution in [0.2, 0.25) is 0 Å². The molecule has 0 spiro atoms. The number of primary amides is 1. The van der Waals surface area contributed by atoms with Crippen molar-refractivity contribution in [1.29, 1.82) is 0 Å². The van der Waals surface area contributed by atoms with Crippen LogP contribution in [-0.4, -0.2) is 35.0 Å². The van der Waals surface area contributed by atoms with E-state index in [4.69, 9.17) is 14.9 Å². The number of anilines is 1. The first kappa shape index (κ1) is 19.4. The molecule has 3 heterocycles. The number of ether oxygens (including phenoxy) is 1. The third-order valence-electron chi connectivity index (χ3n) is 4.93. The number of carbonyl (C=O) groups excluding carboxylic acids is 1. The fraction of sp³-hybridized carbons (Fsp3) is 0.182. The first-order chi connectivity index (χ1) is 14.4. The van der Waals surface area contributed by atoms with E-state index < -0.39 is 11.8 Å². The average molecular weight is 403 g/mol. The van der Waals surface area contributed by atoms with Gasteiger partial charge in [-0.15, -0.1) is 0 Å². The number of fused-ring (bicyclic) bond motifs is 2. The number of nitrogens with zero attached hydrogens (tertiary/aromatic N) is 3.